The van der Waals surface area contributed by atoms with Crippen LogP contribution >= 0.6 is 15.9 Å². The summed E-state index contributed by atoms with van der Waals surface area (Å²) in [6, 6.07) is 17.4. The molecule has 2 atom stereocenters. The fourth-order valence-electron chi connectivity index (χ4n) is 3.40. The number of nitrogens with zero attached hydrogens (tertiary/aromatic N) is 1. The second kappa shape index (κ2) is 9.10. The molecule has 2 N–H and O–H groups in total. The van der Waals surface area contributed by atoms with Gasteiger partial charge in [0.15, 0.2) is 0 Å². The normalized spacial score (nSPS) is 14.9. The van der Waals surface area contributed by atoms with Crippen molar-refractivity contribution in [2.75, 3.05) is 6.54 Å². The van der Waals surface area contributed by atoms with Crippen molar-refractivity contribution in [3.63, 3.8) is 0 Å². The minimum absolute atomic E-state index is 0.282. The molecule has 4 nitrogen and oxygen atoms in total. The molecule has 0 saturated heterocycles. The highest BCUT2D eigenvalue weighted by Crippen LogP contribution is 2.35. The molecule has 0 fully saturated rings. The number of aliphatic hydroxyl groups is 1. The first-order valence-electron chi connectivity index (χ1n) is 9.55. The topological polar surface area (TPSA) is 60.8 Å². The van der Waals surface area contributed by atoms with Crippen LogP contribution in [0.3, 0.4) is 0 Å². The van der Waals surface area contributed by atoms with Gasteiger partial charge in [0.05, 0.1) is 11.6 Å². The molecular weight excluding hydrogens is 418 g/mol. The Bertz CT molecular complexity index is 771. The van der Waals surface area contributed by atoms with E-state index in [1.165, 1.54) is 4.90 Å². The van der Waals surface area contributed by atoms with Crippen LogP contribution in [0.1, 0.15) is 57.7 Å². The molecule has 0 unspecified atom stereocenters. The van der Waals surface area contributed by atoms with Crippen molar-refractivity contribution in [1.29, 1.82) is 0 Å². The summed E-state index contributed by atoms with van der Waals surface area (Å²) in [7, 11) is 0. The summed E-state index contributed by atoms with van der Waals surface area (Å²) in [5, 5.41) is 20.2. The lowest BCUT2D eigenvalue weighted by atomic mass is 9.76. The maximum Gasteiger partial charge on any atom is 0.407 e. The predicted octanol–water partition coefficient (Wildman–Crippen LogP) is 6.00. The van der Waals surface area contributed by atoms with Crippen molar-refractivity contribution < 1.29 is 15.0 Å². The van der Waals surface area contributed by atoms with Gasteiger partial charge in [0.2, 0.25) is 0 Å². The summed E-state index contributed by atoms with van der Waals surface area (Å²) in [5.41, 5.74) is 0.807. The third-order valence-corrected chi connectivity index (χ3v) is 5.87. The Labute approximate surface area is 176 Å². The molecule has 0 bridgehead atoms. The molecule has 5 heteroatoms. The van der Waals surface area contributed by atoms with Gasteiger partial charge in [-0.05, 0) is 56.9 Å². The van der Waals surface area contributed by atoms with Gasteiger partial charge in [0.25, 0.3) is 0 Å². The molecule has 28 heavy (non-hydrogen) atoms. The SMILES string of the molecule is C[C@@H](c1ccc(Br)cc1)N(C[C@](C)(CCC(C)(C)O)c1ccccc1)C(=O)O. The fraction of sp³-hybridized carbons (Fsp3) is 0.435. The first-order chi connectivity index (χ1) is 13.0. The number of rotatable bonds is 8. The number of carbonyl (C=O) groups is 1. The molecule has 0 saturated carbocycles. The molecule has 2 rings (SSSR count). The van der Waals surface area contributed by atoms with Crippen LogP contribution in [-0.4, -0.2) is 33.4 Å². The van der Waals surface area contributed by atoms with E-state index >= 15 is 0 Å². The number of hydrogen-bond donors (Lipinski definition) is 2. The lowest BCUT2D eigenvalue weighted by Crippen LogP contribution is -2.44. The van der Waals surface area contributed by atoms with Crippen LogP contribution < -0.4 is 0 Å². The largest absolute Gasteiger partial charge is 0.465 e. The van der Waals surface area contributed by atoms with E-state index in [1.807, 2.05) is 61.5 Å². The Morgan fingerprint density at radius 1 is 1.04 bits per heavy atom. The second-order valence-electron chi connectivity index (χ2n) is 8.38. The Balaban J connectivity index is 2.35. The molecule has 2 aromatic carbocycles. The smallest absolute Gasteiger partial charge is 0.407 e. The fourth-order valence-corrected chi connectivity index (χ4v) is 3.67. The summed E-state index contributed by atoms with van der Waals surface area (Å²) in [5.74, 6) is 0. The average molecular weight is 448 g/mol. The molecule has 0 aliphatic rings. The van der Waals surface area contributed by atoms with Crippen LogP contribution in [0.2, 0.25) is 0 Å². The van der Waals surface area contributed by atoms with Gasteiger partial charge >= 0.3 is 6.09 Å². The van der Waals surface area contributed by atoms with E-state index < -0.39 is 17.1 Å². The van der Waals surface area contributed by atoms with Crippen LogP contribution in [0.15, 0.2) is 59.1 Å². The lowest BCUT2D eigenvalue weighted by Gasteiger charge is -2.39. The highest BCUT2D eigenvalue weighted by molar-refractivity contribution is 9.10. The van der Waals surface area contributed by atoms with Crippen LogP contribution in [-0.2, 0) is 5.41 Å². The van der Waals surface area contributed by atoms with Gasteiger partial charge in [-0.25, -0.2) is 4.79 Å². The molecule has 0 spiro atoms. The Hall–Kier alpha value is -1.85. The van der Waals surface area contributed by atoms with Crippen molar-refractivity contribution in [3.05, 3.63) is 70.2 Å². The molecule has 1 amide bonds. The number of hydrogen-bond acceptors (Lipinski definition) is 2. The van der Waals surface area contributed by atoms with E-state index in [2.05, 4.69) is 22.9 Å². The number of benzene rings is 2. The monoisotopic (exact) mass is 447 g/mol. The Morgan fingerprint density at radius 3 is 2.11 bits per heavy atom. The van der Waals surface area contributed by atoms with Crippen LogP contribution in [0.5, 0.6) is 0 Å². The maximum atomic E-state index is 12.2. The number of halogens is 1. The van der Waals surface area contributed by atoms with E-state index in [-0.39, 0.29) is 6.04 Å². The van der Waals surface area contributed by atoms with Gasteiger partial charge in [-0.1, -0.05) is 65.3 Å². The lowest BCUT2D eigenvalue weighted by molar-refractivity contribution is 0.0559. The molecule has 0 heterocycles. The zero-order valence-corrected chi connectivity index (χ0v) is 18.6. The minimum Gasteiger partial charge on any atom is -0.465 e. The van der Waals surface area contributed by atoms with Crippen molar-refractivity contribution in [3.8, 4) is 0 Å². The van der Waals surface area contributed by atoms with Crippen LogP contribution in [0, 0.1) is 0 Å². The van der Waals surface area contributed by atoms with Gasteiger partial charge in [0, 0.05) is 16.4 Å². The first-order valence-corrected chi connectivity index (χ1v) is 10.3. The zero-order chi connectivity index (χ0) is 20.9. The average Bonchev–Trinajstić information content (AvgIpc) is 2.64. The highest BCUT2D eigenvalue weighted by Gasteiger charge is 2.35. The molecule has 0 aromatic heterocycles. The van der Waals surface area contributed by atoms with Gasteiger partial charge in [0.1, 0.15) is 0 Å². The van der Waals surface area contributed by atoms with E-state index in [0.29, 0.717) is 19.4 Å². The number of carboxylic acid groups (broad SMARTS) is 1. The van der Waals surface area contributed by atoms with Crippen molar-refractivity contribution in [1.82, 2.24) is 4.90 Å². The van der Waals surface area contributed by atoms with E-state index in [9.17, 15) is 15.0 Å². The van der Waals surface area contributed by atoms with Crippen LogP contribution in [0.4, 0.5) is 4.79 Å². The predicted molar refractivity (Wildman–Crippen MR) is 117 cm³/mol. The van der Waals surface area contributed by atoms with Crippen molar-refractivity contribution in [2.45, 2.75) is 57.6 Å². The van der Waals surface area contributed by atoms with Gasteiger partial charge in [-0.2, -0.15) is 0 Å². The third kappa shape index (κ3) is 6.08. The third-order valence-electron chi connectivity index (χ3n) is 5.34. The molecular formula is C23H30BrNO3. The summed E-state index contributed by atoms with van der Waals surface area (Å²) in [4.78, 5) is 13.7. The Kier molecular flexibility index (Phi) is 7.29. The summed E-state index contributed by atoms with van der Waals surface area (Å²) < 4.78 is 0.963. The molecule has 0 radical (unpaired) electrons. The Morgan fingerprint density at radius 2 is 1.61 bits per heavy atom. The molecule has 152 valence electrons. The van der Waals surface area contributed by atoms with Crippen molar-refractivity contribution in [2.24, 2.45) is 0 Å². The van der Waals surface area contributed by atoms with Gasteiger partial charge < -0.3 is 15.1 Å². The standard InChI is InChI=1S/C23H30BrNO3/c1-17(18-10-12-20(24)13-11-18)25(21(26)27)16-23(4,15-14-22(2,3)28)19-8-6-5-7-9-19/h5-13,17,28H,14-16H2,1-4H3,(H,26,27)/t17-,23-/m0/s1. The quantitative estimate of drug-likeness (QED) is 0.521. The summed E-state index contributed by atoms with van der Waals surface area (Å²) in [6.07, 6.45) is 0.316. The zero-order valence-electron chi connectivity index (χ0n) is 17.0. The molecule has 0 aliphatic carbocycles. The minimum atomic E-state index is -0.944. The maximum absolute atomic E-state index is 12.2. The van der Waals surface area contributed by atoms with E-state index in [0.717, 1.165) is 15.6 Å². The van der Waals surface area contributed by atoms with E-state index in [1.54, 1.807) is 13.8 Å². The molecule has 0 aliphatic heterocycles. The van der Waals surface area contributed by atoms with Crippen molar-refractivity contribution >= 4 is 22.0 Å². The van der Waals surface area contributed by atoms with Gasteiger partial charge in [-0.3, -0.25) is 0 Å². The van der Waals surface area contributed by atoms with Gasteiger partial charge in [-0.15, -0.1) is 0 Å². The first kappa shape index (κ1) is 22.4. The molecule has 2 aromatic rings. The summed E-state index contributed by atoms with van der Waals surface area (Å²) in [6.45, 7) is 7.92. The van der Waals surface area contributed by atoms with E-state index in [4.69, 9.17) is 0 Å². The second-order valence-corrected chi connectivity index (χ2v) is 9.29. The number of amides is 1. The highest BCUT2D eigenvalue weighted by atomic mass is 79.9. The summed E-state index contributed by atoms with van der Waals surface area (Å²) >= 11 is 3.43. The van der Waals surface area contributed by atoms with Crippen LogP contribution in [0.25, 0.3) is 0 Å².